The van der Waals surface area contributed by atoms with Crippen molar-refractivity contribution in [2.45, 2.75) is 32.7 Å². The summed E-state index contributed by atoms with van der Waals surface area (Å²) < 4.78 is 11.2. The normalized spacial score (nSPS) is 12.0. The minimum Gasteiger partial charge on any atom is -0.497 e. The first-order chi connectivity index (χ1) is 15.1. The van der Waals surface area contributed by atoms with Crippen molar-refractivity contribution >= 4 is 5.91 Å². The number of rotatable bonds is 11. The molecule has 6 nitrogen and oxygen atoms in total. The predicted octanol–water partition coefficient (Wildman–Crippen LogP) is 4.48. The van der Waals surface area contributed by atoms with Crippen LogP contribution in [0.4, 0.5) is 0 Å². The molecule has 0 fully saturated rings. The average Bonchev–Trinajstić information content (AvgIpc) is 3.30. The third kappa shape index (κ3) is 6.18. The van der Waals surface area contributed by atoms with Gasteiger partial charge in [-0.05, 0) is 30.8 Å². The summed E-state index contributed by atoms with van der Waals surface area (Å²) in [6.45, 7) is 6.59. The Morgan fingerprint density at radius 1 is 1.13 bits per heavy atom. The van der Waals surface area contributed by atoms with Crippen molar-refractivity contribution in [2.24, 2.45) is 0 Å². The third-order valence-corrected chi connectivity index (χ3v) is 5.40. The number of carbonyl (C=O) groups excluding carboxylic acids is 1. The van der Waals surface area contributed by atoms with E-state index in [9.17, 15) is 4.79 Å². The van der Waals surface area contributed by atoms with Crippen LogP contribution in [0.1, 0.15) is 37.8 Å². The van der Waals surface area contributed by atoms with Crippen molar-refractivity contribution in [2.75, 3.05) is 26.7 Å². The lowest BCUT2D eigenvalue weighted by Gasteiger charge is -2.30. The van der Waals surface area contributed by atoms with E-state index in [-0.39, 0.29) is 11.9 Å². The molecule has 0 radical (unpaired) electrons. The number of amides is 1. The van der Waals surface area contributed by atoms with Crippen LogP contribution in [-0.2, 0) is 11.2 Å². The van der Waals surface area contributed by atoms with Gasteiger partial charge in [0.2, 0.25) is 5.91 Å². The number of oxazole rings is 1. The molecule has 3 rings (SSSR count). The van der Waals surface area contributed by atoms with Crippen molar-refractivity contribution in [3.05, 3.63) is 72.2 Å². The van der Waals surface area contributed by atoms with Gasteiger partial charge in [-0.25, -0.2) is 4.98 Å². The Labute approximate surface area is 184 Å². The molecule has 164 valence electrons. The molecule has 0 bridgehead atoms. The van der Waals surface area contributed by atoms with Crippen LogP contribution in [0, 0.1) is 0 Å². The highest BCUT2D eigenvalue weighted by molar-refractivity contribution is 5.76. The predicted molar refractivity (Wildman–Crippen MR) is 122 cm³/mol. The summed E-state index contributed by atoms with van der Waals surface area (Å²) >= 11 is 0. The highest BCUT2D eigenvalue weighted by Crippen LogP contribution is 2.24. The van der Waals surface area contributed by atoms with Gasteiger partial charge in [0.05, 0.1) is 19.3 Å². The Kier molecular flexibility index (Phi) is 8.24. The molecule has 0 aliphatic rings. The largest absolute Gasteiger partial charge is 0.497 e. The van der Waals surface area contributed by atoms with Crippen LogP contribution >= 0.6 is 0 Å². The molecule has 1 heterocycles. The molecule has 1 aromatic heterocycles. The number of benzene rings is 2. The molecule has 0 spiro atoms. The maximum absolute atomic E-state index is 12.5. The van der Waals surface area contributed by atoms with Crippen molar-refractivity contribution in [3.63, 3.8) is 0 Å². The van der Waals surface area contributed by atoms with Crippen LogP contribution in [0.2, 0.25) is 0 Å². The highest BCUT2D eigenvalue weighted by atomic mass is 16.5. The minimum absolute atomic E-state index is 0.0143. The van der Waals surface area contributed by atoms with Gasteiger partial charge in [0, 0.05) is 24.9 Å². The first-order valence-corrected chi connectivity index (χ1v) is 10.8. The van der Waals surface area contributed by atoms with E-state index < -0.39 is 0 Å². The van der Waals surface area contributed by atoms with Gasteiger partial charge in [0.1, 0.15) is 5.75 Å². The van der Waals surface area contributed by atoms with Crippen LogP contribution in [-0.4, -0.2) is 42.5 Å². The van der Waals surface area contributed by atoms with Gasteiger partial charge in [-0.2, -0.15) is 0 Å². The zero-order chi connectivity index (χ0) is 22.1. The van der Waals surface area contributed by atoms with Crippen LogP contribution in [0.25, 0.3) is 11.3 Å². The number of aryl methyl sites for hydroxylation is 1. The topological polar surface area (TPSA) is 67.6 Å². The molecule has 0 aliphatic heterocycles. The molecule has 1 atom stereocenters. The number of ether oxygens (including phenoxy) is 1. The van der Waals surface area contributed by atoms with E-state index in [4.69, 9.17) is 9.15 Å². The van der Waals surface area contributed by atoms with Crippen molar-refractivity contribution in [1.82, 2.24) is 15.2 Å². The lowest BCUT2D eigenvalue weighted by Crippen LogP contribution is -2.38. The molecule has 0 unspecified atom stereocenters. The number of hydrogen-bond donors (Lipinski definition) is 1. The fraction of sp³-hybridized carbons (Fsp3) is 0.360. The highest BCUT2D eigenvalue weighted by Gasteiger charge is 2.19. The molecular weight excluding hydrogens is 390 g/mol. The smallest absolute Gasteiger partial charge is 0.220 e. The van der Waals surface area contributed by atoms with Gasteiger partial charge in [0.15, 0.2) is 11.7 Å². The Morgan fingerprint density at radius 2 is 1.90 bits per heavy atom. The van der Waals surface area contributed by atoms with Crippen LogP contribution in [0.15, 0.2) is 65.2 Å². The van der Waals surface area contributed by atoms with Crippen LogP contribution in [0.3, 0.4) is 0 Å². The zero-order valence-corrected chi connectivity index (χ0v) is 18.5. The molecule has 1 N–H and O–H groups in total. The molecule has 6 heteroatoms. The van der Waals surface area contributed by atoms with Gasteiger partial charge in [-0.15, -0.1) is 0 Å². The fourth-order valence-corrected chi connectivity index (χ4v) is 3.65. The summed E-state index contributed by atoms with van der Waals surface area (Å²) in [6, 6.07) is 17.9. The molecule has 3 aromatic rings. The van der Waals surface area contributed by atoms with Crippen LogP contribution < -0.4 is 10.1 Å². The van der Waals surface area contributed by atoms with Gasteiger partial charge in [-0.3, -0.25) is 9.69 Å². The number of hydrogen-bond acceptors (Lipinski definition) is 5. The second-order valence-corrected chi connectivity index (χ2v) is 7.30. The molecule has 31 heavy (non-hydrogen) atoms. The summed E-state index contributed by atoms with van der Waals surface area (Å²) in [7, 11) is 1.67. The molecule has 0 saturated heterocycles. The standard InChI is InChI=1S/C25H31N3O3/c1-4-28(5-2)22(20-12-9-13-21(16-20)30-3)17-26-24(29)14-15-25-27-18-23(31-25)19-10-7-6-8-11-19/h6-13,16,18,22H,4-5,14-15,17H2,1-3H3,(H,26,29)/t22-/m0/s1. The maximum Gasteiger partial charge on any atom is 0.220 e. The lowest BCUT2D eigenvalue weighted by atomic mass is 10.0. The monoisotopic (exact) mass is 421 g/mol. The van der Waals surface area contributed by atoms with E-state index in [0.717, 1.165) is 35.7 Å². The number of carbonyl (C=O) groups is 1. The second kappa shape index (κ2) is 11.3. The van der Waals surface area contributed by atoms with E-state index in [2.05, 4.69) is 35.1 Å². The summed E-state index contributed by atoms with van der Waals surface area (Å²) in [4.78, 5) is 19.2. The Bertz CT molecular complexity index is 951. The van der Waals surface area contributed by atoms with Crippen molar-refractivity contribution < 1.29 is 13.9 Å². The molecule has 0 aliphatic carbocycles. The van der Waals surface area contributed by atoms with Crippen molar-refractivity contribution in [1.29, 1.82) is 0 Å². The maximum atomic E-state index is 12.5. The van der Waals surface area contributed by atoms with Crippen molar-refractivity contribution in [3.8, 4) is 17.1 Å². The Morgan fingerprint density at radius 3 is 2.61 bits per heavy atom. The zero-order valence-electron chi connectivity index (χ0n) is 18.5. The first-order valence-electron chi connectivity index (χ1n) is 10.8. The summed E-state index contributed by atoms with van der Waals surface area (Å²) in [5, 5.41) is 3.09. The minimum atomic E-state index is -0.0143. The van der Waals surface area contributed by atoms with E-state index in [1.807, 2.05) is 48.5 Å². The first kappa shape index (κ1) is 22.6. The Hall–Kier alpha value is -3.12. The van der Waals surface area contributed by atoms with Crippen LogP contribution in [0.5, 0.6) is 5.75 Å². The van der Waals surface area contributed by atoms with Gasteiger partial charge < -0.3 is 14.5 Å². The van der Waals surface area contributed by atoms with E-state index in [1.54, 1.807) is 13.3 Å². The van der Waals surface area contributed by atoms with Gasteiger partial charge in [-0.1, -0.05) is 56.3 Å². The summed E-state index contributed by atoms with van der Waals surface area (Å²) in [6.07, 6.45) is 2.51. The molecule has 2 aromatic carbocycles. The summed E-state index contributed by atoms with van der Waals surface area (Å²) in [5.41, 5.74) is 2.11. The fourth-order valence-electron chi connectivity index (χ4n) is 3.65. The lowest BCUT2D eigenvalue weighted by molar-refractivity contribution is -0.121. The van der Waals surface area contributed by atoms with E-state index in [0.29, 0.717) is 25.3 Å². The number of nitrogens with one attached hydrogen (secondary N) is 1. The molecular formula is C25H31N3O3. The second-order valence-electron chi connectivity index (χ2n) is 7.30. The molecule has 1 amide bonds. The third-order valence-electron chi connectivity index (χ3n) is 5.40. The number of likely N-dealkylation sites (N-methyl/N-ethyl adjacent to an activating group) is 1. The summed E-state index contributed by atoms with van der Waals surface area (Å²) in [5.74, 6) is 2.09. The molecule has 0 saturated carbocycles. The Balaban J connectivity index is 1.57. The van der Waals surface area contributed by atoms with E-state index in [1.165, 1.54) is 0 Å². The number of methoxy groups -OCH3 is 1. The average molecular weight is 422 g/mol. The van der Waals surface area contributed by atoms with Gasteiger partial charge >= 0.3 is 0 Å². The number of aromatic nitrogens is 1. The number of nitrogens with zero attached hydrogens (tertiary/aromatic N) is 2. The SMILES string of the molecule is CCN(CC)[C@@H](CNC(=O)CCc1ncc(-c2ccccc2)o1)c1cccc(OC)c1. The quantitative estimate of drug-likeness (QED) is 0.494. The van der Waals surface area contributed by atoms with E-state index >= 15 is 0 Å². The van der Waals surface area contributed by atoms with Gasteiger partial charge in [0.25, 0.3) is 0 Å².